The Kier molecular flexibility index (Phi) is 5.44. The van der Waals surface area contributed by atoms with Crippen LogP contribution in [0.5, 0.6) is 0 Å². The first-order valence-corrected chi connectivity index (χ1v) is 7.04. The highest BCUT2D eigenvalue weighted by atomic mass is 32.2. The fourth-order valence-electron chi connectivity index (χ4n) is 1.43. The number of ether oxygens (including phenoxy) is 2. The second kappa shape index (κ2) is 6.65. The SMILES string of the molecule is COC(=O)c1cc(SCC(=O)OC(C)(C)C)ccc1N. The predicted molar refractivity (Wildman–Crippen MR) is 78.8 cm³/mol. The molecule has 0 heterocycles. The summed E-state index contributed by atoms with van der Waals surface area (Å²) in [4.78, 5) is 23.9. The van der Waals surface area contributed by atoms with Crippen LogP contribution in [0, 0.1) is 0 Å². The van der Waals surface area contributed by atoms with Crippen molar-refractivity contribution < 1.29 is 19.1 Å². The molecular weight excluding hydrogens is 278 g/mol. The van der Waals surface area contributed by atoms with Gasteiger partial charge in [-0.3, -0.25) is 4.79 Å². The van der Waals surface area contributed by atoms with E-state index < -0.39 is 11.6 Å². The first-order valence-electron chi connectivity index (χ1n) is 6.05. The molecule has 5 nitrogen and oxygen atoms in total. The summed E-state index contributed by atoms with van der Waals surface area (Å²) in [6.45, 7) is 5.44. The van der Waals surface area contributed by atoms with Crippen molar-refractivity contribution in [3.05, 3.63) is 23.8 Å². The zero-order chi connectivity index (χ0) is 15.3. The normalized spacial score (nSPS) is 11.0. The lowest BCUT2D eigenvalue weighted by atomic mass is 10.2. The molecule has 6 heteroatoms. The minimum absolute atomic E-state index is 0.168. The van der Waals surface area contributed by atoms with Crippen LogP contribution in [-0.4, -0.2) is 30.4 Å². The van der Waals surface area contributed by atoms with E-state index in [-0.39, 0.29) is 11.7 Å². The molecule has 0 saturated heterocycles. The van der Waals surface area contributed by atoms with Gasteiger partial charge in [-0.25, -0.2) is 4.79 Å². The van der Waals surface area contributed by atoms with Gasteiger partial charge in [0.2, 0.25) is 0 Å². The molecule has 1 aromatic carbocycles. The topological polar surface area (TPSA) is 78.6 Å². The monoisotopic (exact) mass is 297 g/mol. The number of hydrogen-bond acceptors (Lipinski definition) is 6. The molecule has 0 radical (unpaired) electrons. The van der Waals surface area contributed by atoms with E-state index in [9.17, 15) is 9.59 Å². The number of carbonyl (C=O) groups excluding carboxylic acids is 2. The second-order valence-electron chi connectivity index (χ2n) is 5.12. The molecule has 0 aliphatic carbocycles. The van der Waals surface area contributed by atoms with E-state index in [0.717, 1.165) is 4.90 Å². The number of benzene rings is 1. The van der Waals surface area contributed by atoms with Gasteiger partial charge in [0.05, 0.1) is 18.4 Å². The summed E-state index contributed by atoms with van der Waals surface area (Å²) < 4.78 is 9.85. The van der Waals surface area contributed by atoms with E-state index in [2.05, 4.69) is 4.74 Å². The quantitative estimate of drug-likeness (QED) is 0.522. The molecule has 0 atom stereocenters. The van der Waals surface area contributed by atoms with Gasteiger partial charge in [0.25, 0.3) is 0 Å². The molecule has 0 unspecified atom stereocenters. The number of methoxy groups -OCH3 is 1. The van der Waals surface area contributed by atoms with Crippen LogP contribution in [0.15, 0.2) is 23.1 Å². The Labute approximate surface area is 122 Å². The third-order valence-electron chi connectivity index (χ3n) is 2.21. The Hall–Kier alpha value is -1.69. The van der Waals surface area contributed by atoms with E-state index in [1.54, 1.807) is 18.2 Å². The fraction of sp³-hybridized carbons (Fsp3) is 0.429. The molecule has 0 saturated carbocycles. The highest BCUT2D eigenvalue weighted by Gasteiger charge is 2.17. The van der Waals surface area contributed by atoms with Gasteiger partial charge < -0.3 is 15.2 Å². The first kappa shape index (κ1) is 16.4. The average molecular weight is 297 g/mol. The number of hydrogen-bond donors (Lipinski definition) is 1. The standard InChI is InChI=1S/C14H19NO4S/c1-14(2,3)19-12(16)8-20-9-5-6-11(15)10(7-9)13(17)18-4/h5-7H,8,15H2,1-4H3. The summed E-state index contributed by atoms with van der Waals surface area (Å²) in [6.07, 6.45) is 0. The largest absolute Gasteiger partial charge is 0.465 e. The maximum absolute atomic E-state index is 11.6. The van der Waals surface area contributed by atoms with Gasteiger partial charge >= 0.3 is 11.9 Å². The molecule has 0 aliphatic rings. The number of anilines is 1. The molecular formula is C14H19NO4S. The summed E-state index contributed by atoms with van der Waals surface area (Å²) >= 11 is 1.28. The third kappa shape index (κ3) is 5.13. The first-order chi connectivity index (χ1) is 9.23. The van der Waals surface area contributed by atoms with Crippen molar-refractivity contribution in [2.24, 2.45) is 0 Å². The Bertz CT molecular complexity index is 508. The van der Waals surface area contributed by atoms with Gasteiger partial charge in [-0.15, -0.1) is 11.8 Å². The van der Waals surface area contributed by atoms with E-state index >= 15 is 0 Å². The van der Waals surface area contributed by atoms with Crippen LogP contribution >= 0.6 is 11.8 Å². The van der Waals surface area contributed by atoms with Gasteiger partial charge in [-0.1, -0.05) is 0 Å². The zero-order valence-electron chi connectivity index (χ0n) is 12.1. The highest BCUT2D eigenvalue weighted by Crippen LogP contribution is 2.24. The summed E-state index contributed by atoms with van der Waals surface area (Å²) in [5.74, 6) is -0.636. The van der Waals surface area contributed by atoms with E-state index in [1.165, 1.54) is 18.9 Å². The molecule has 1 aromatic rings. The molecule has 0 amide bonds. The van der Waals surface area contributed by atoms with Crippen molar-refractivity contribution in [3.63, 3.8) is 0 Å². The van der Waals surface area contributed by atoms with Crippen LogP contribution in [0.3, 0.4) is 0 Å². The predicted octanol–water partition coefficient (Wildman–Crippen LogP) is 2.49. The van der Waals surface area contributed by atoms with Crippen LogP contribution in [0.1, 0.15) is 31.1 Å². The lowest BCUT2D eigenvalue weighted by Gasteiger charge is -2.19. The van der Waals surface area contributed by atoms with Crippen molar-refractivity contribution >= 4 is 29.4 Å². The molecule has 0 aromatic heterocycles. The van der Waals surface area contributed by atoms with Gasteiger partial charge in [-0.2, -0.15) is 0 Å². The van der Waals surface area contributed by atoms with Crippen LogP contribution < -0.4 is 5.73 Å². The summed E-state index contributed by atoms with van der Waals surface area (Å²) in [6, 6.07) is 4.97. The molecule has 0 spiro atoms. The Morgan fingerprint density at radius 2 is 1.95 bits per heavy atom. The van der Waals surface area contributed by atoms with Crippen molar-refractivity contribution in [1.82, 2.24) is 0 Å². The van der Waals surface area contributed by atoms with Crippen LogP contribution in [0.2, 0.25) is 0 Å². The fourth-order valence-corrected chi connectivity index (χ4v) is 2.13. The van der Waals surface area contributed by atoms with Crippen LogP contribution in [0.25, 0.3) is 0 Å². The molecule has 0 aliphatic heterocycles. The number of nitrogen functional groups attached to an aromatic ring is 1. The van der Waals surface area contributed by atoms with Gasteiger partial charge in [0, 0.05) is 10.6 Å². The molecule has 0 bridgehead atoms. The number of carbonyl (C=O) groups is 2. The number of nitrogens with two attached hydrogens (primary N) is 1. The van der Waals surface area contributed by atoms with E-state index in [4.69, 9.17) is 10.5 Å². The second-order valence-corrected chi connectivity index (χ2v) is 6.16. The van der Waals surface area contributed by atoms with E-state index in [0.29, 0.717) is 11.3 Å². The lowest BCUT2D eigenvalue weighted by molar-refractivity contribution is -0.151. The van der Waals surface area contributed by atoms with Crippen LogP contribution in [0.4, 0.5) is 5.69 Å². The Balaban J connectivity index is 2.70. The molecule has 2 N–H and O–H groups in total. The van der Waals surface area contributed by atoms with E-state index in [1.807, 2.05) is 20.8 Å². The number of thioether (sulfide) groups is 1. The lowest BCUT2D eigenvalue weighted by Crippen LogP contribution is -2.24. The maximum Gasteiger partial charge on any atom is 0.339 e. The van der Waals surface area contributed by atoms with Gasteiger partial charge in [-0.05, 0) is 39.0 Å². The summed E-state index contributed by atoms with van der Waals surface area (Å²) in [5, 5.41) is 0. The highest BCUT2D eigenvalue weighted by molar-refractivity contribution is 8.00. The minimum atomic E-state index is -0.504. The average Bonchev–Trinajstić information content (AvgIpc) is 2.35. The molecule has 0 fully saturated rings. The van der Waals surface area contributed by atoms with Crippen molar-refractivity contribution in [2.75, 3.05) is 18.6 Å². The molecule has 1 rings (SSSR count). The molecule has 110 valence electrons. The number of esters is 2. The number of rotatable bonds is 4. The summed E-state index contributed by atoms with van der Waals surface area (Å²) in [5.41, 5.74) is 5.84. The summed E-state index contributed by atoms with van der Waals surface area (Å²) in [7, 11) is 1.29. The van der Waals surface area contributed by atoms with Crippen molar-refractivity contribution in [3.8, 4) is 0 Å². The third-order valence-corrected chi connectivity index (χ3v) is 3.17. The smallest absolute Gasteiger partial charge is 0.339 e. The van der Waals surface area contributed by atoms with Crippen LogP contribution in [-0.2, 0) is 14.3 Å². The maximum atomic E-state index is 11.6. The van der Waals surface area contributed by atoms with Crippen molar-refractivity contribution in [2.45, 2.75) is 31.3 Å². The Morgan fingerprint density at radius 3 is 2.50 bits per heavy atom. The Morgan fingerprint density at radius 1 is 1.30 bits per heavy atom. The molecule has 20 heavy (non-hydrogen) atoms. The van der Waals surface area contributed by atoms with Crippen molar-refractivity contribution in [1.29, 1.82) is 0 Å². The van der Waals surface area contributed by atoms with Gasteiger partial charge in [0.1, 0.15) is 5.60 Å². The zero-order valence-corrected chi connectivity index (χ0v) is 12.9. The minimum Gasteiger partial charge on any atom is -0.465 e. The van der Waals surface area contributed by atoms with Gasteiger partial charge in [0.15, 0.2) is 0 Å².